The van der Waals surface area contributed by atoms with Crippen molar-refractivity contribution in [2.45, 2.75) is 53.0 Å². The molecule has 0 aromatic rings. The first-order valence-electron chi connectivity index (χ1n) is 7.07. The standard InChI is InChI=1S/C15H28N2/c1-5-9-13(7-3)15-14(8-4)10-12-17(15)16-11-6-2/h5,7,9,14-16H,6,8,10-12H2,1-4H3/b9-5-,13-7+. The molecule has 1 N–H and O–H groups in total. The largest absolute Gasteiger partial charge is 0.255 e. The van der Waals surface area contributed by atoms with Crippen molar-refractivity contribution in [3.63, 3.8) is 0 Å². The van der Waals surface area contributed by atoms with Gasteiger partial charge >= 0.3 is 0 Å². The number of nitrogens with one attached hydrogen (secondary N) is 1. The summed E-state index contributed by atoms with van der Waals surface area (Å²) in [5.41, 5.74) is 5.04. The molecule has 0 radical (unpaired) electrons. The van der Waals surface area contributed by atoms with Crippen molar-refractivity contribution in [3.8, 4) is 0 Å². The summed E-state index contributed by atoms with van der Waals surface area (Å²) in [6, 6.07) is 0.563. The molecule has 2 atom stereocenters. The van der Waals surface area contributed by atoms with E-state index in [0.29, 0.717) is 6.04 Å². The average Bonchev–Trinajstić information content (AvgIpc) is 2.76. The fourth-order valence-electron chi connectivity index (χ4n) is 2.73. The van der Waals surface area contributed by atoms with Crippen LogP contribution in [0.3, 0.4) is 0 Å². The van der Waals surface area contributed by atoms with Crippen molar-refractivity contribution in [1.29, 1.82) is 0 Å². The molecule has 2 nitrogen and oxygen atoms in total. The van der Waals surface area contributed by atoms with Crippen LogP contribution in [0.25, 0.3) is 0 Å². The van der Waals surface area contributed by atoms with E-state index in [-0.39, 0.29) is 0 Å². The van der Waals surface area contributed by atoms with Crippen LogP contribution in [0, 0.1) is 5.92 Å². The number of hydrogen-bond acceptors (Lipinski definition) is 2. The van der Waals surface area contributed by atoms with Crippen LogP contribution in [0.4, 0.5) is 0 Å². The zero-order chi connectivity index (χ0) is 12.7. The van der Waals surface area contributed by atoms with Gasteiger partial charge in [-0.1, -0.05) is 38.5 Å². The van der Waals surface area contributed by atoms with E-state index in [1.807, 2.05) is 0 Å². The van der Waals surface area contributed by atoms with Crippen LogP contribution < -0.4 is 5.43 Å². The molecule has 0 aromatic carbocycles. The lowest BCUT2D eigenvalue weighted by molar-refractivity contribution is 0.176. The molecule has 0 bridgehead atoms. The second-order valence-electron chi connectivity index (χ2n) is 4.79. The van der Waals surface area contributed by atoms with Gasteiger partial charge in [-0.25, -0.2) is 5.01 Å². The lowest BCUT2D eigenvalue weighted by Crippen LogP contribution is -2.44. The Labute approximate surface area is 107 Å². The molecule has 2 heteroatoms. The highest BCUT2D eigenvalue weighted by molar-refractivity contribution is 5.26. The first-order chi connectivity index (χ1) is 8.28. The van der Waals surface area contributed by atoms with Crippen molar-refractivity contribution in [3.05, 3.63) is 23.8 Å². The maximum absolute atomic E-state index is 3.58. The number of rotatable bonds is 6. The molecule has 0 spiro atoms. The van der Waals surface area contributed by atoms with Gasteiger partial charge < -0.3 is 0 Å². The van der Waals surface area contributed by atoms with Crippen LogP contribution in [0.15, 0.2) is 23.8 Å². The van der Waals surface area contributed by atoms with Gasteiger partial charge in [-0.15, -0.1) is 0 Å². The van der Waals surface area contributed by atoms with Crippen LogP contribution in [-0.2, 0) is 0 Å². The third-order valence-corrected chi connectivity index (χ3v) is 3.65. The number of allylic oxidation sites excluding steroid dienone is 2. The second-order valence-corrected chi connectivity index (χ2v) is 4.79. The van der Waals surface area contributed by atoms with Crippen molar-refractivity contribution in [2.75, 3.05) is 13.1 Å². The molecule has 0 amide bonds. The molecule has 17 heavy (non-hydrogen) atoms. The average molecular weight is 236 g/mol. The minimum absolute atomic E-state index is 0.563. The Morgan fingerprint density at radius 2 is 2.12 bits per heavy atom. The van der Waals surface area contributed by atoms with E-state index in [4.69, 9.17) is 0 Å². The fraction of sp³-hybridized carbons (Fsp3) is 0.733. The van der Waals surface area contributed by atoms with E-state index >= 15 is 0 Å². The molecule has 1 aliphatic heterocycles. The molecule has 1 saturated heterocycles. The molecular formula is C15H28N2. The second kappa shape index (κ2) is 7.67. The Morgan fingerprint density at radius 3 is 2.65 bits per heavy atom. The summed E-state index contributed by atoms with van der Waals surface area (Å²) < 4.78 is 0. The summed E-state index contributed by atoms with van der Waals surface area (Å²) in [4.78, 5) is 0. The molecule has 2 unspecified atom stereocenters. The van der Waals surface area contributed by atoms with Gasteiger partial charge in [-0.05, 0) is 38.2 Å². The van der Waals surface area contributed by atoms with Gasteiger partial charge in [0.1, 0.15) is 0 Å². The molecule has 1 fully saturated rings. The van der Waals surface area contributed by atoms with Crippen molar-refractivity contribution < 1.29 is 0 Å². The van der Waals surface area contributed by atoms with E-state index in [0.717, 1.165) is 12.5 Å². The summed E-state index contributed by atoms with van der Waals surface area (Å²) >= 11 is 0. The van der Waals surface area contributed by atoms with Crippen molar-refractivity contribution >= 4 is 0 Å². The monoisotopic (exact) mass is 236 g/mol. The maximum Gasteiger partial charge on any atom is 0.0518 e. The SMILES string of the molecule is C/C=C\C(=C/C)C1C(CC)CCN1NCCC. The molecule has 1 rings (SSSR count). The van der Waals surface area contributed by atoms with Crippen LogP contribution in [0.2, 0.25) is 0 Å². The van der Waals surface area contributed by atoms with E-state index in [9.17, 15) is 0 Å². The van der Waals surface area contributed by atoms with Gasteiger partial charge in [0, 0.05) is 13.1 Å². The molecule has 0 aliphatic carbocycles. The van der Waals surface area contributed by atoms with Crippen LogP contribution in [-0.4, -0.2) is 24.1 Å². The minimum atomic E-state index is 0.563. The Bertz CT molecular complexity index is 268. The van der Waals surface area contributed by atoms with E-state index in [1.54, 1.807) is 0 Å². The molecule has 0 saturated carbocycles. The summed E-state index contributed by atoms with van der Waals surface area (Å²) in [6.07, 6.45) is 10.4. The van der Waals surface area contributed by atoms with E-state index in [2.05, 4.69) is 56.4 Å². The lowest BCUT2D eigenvalue weighted by atomic mass is 9.91. The first-order valence-corrected chi connectivity index (χ1v) is 7.07. The van der Waals surface area contributed by atoms with Gasteiger partial charge in [-0.2, -0.15) is 0 Å². The summed E-state index contributed by atoms with van der Waals surface area (Å²) in [6.45, 7) is 11.0. The fourth-order valence-corrected chi connectivity index (χ4v) is 2.73. The van der Waals surface area contributed by atoms with Gasteiger partial charge in [-0.3, -0.25) is 5.43 Å². The van der Waals surface area contributed by atoms with E-state index < -0.39 is 0 Å². The number of hydrazine groups is 1. The predicted octanol–water partition coefficient (Wildman–Crippen LogP) is 3.52. The third-order valence-electron chi connectivity index (χ3n) is 3.65. The zero-order valence-corrected chi connectivity index (χ0v) is 11.9. The van der Waals surface area contributed by atoms with Gasteiger partial charge in [0.05, 0.1) is 6.04 Å². The normalized spacial score (nSPS) is 27.2. The first kappa shape index (κ1) is 14.5. The highest BCUT2D eigenvalue weighted by Gasteiger charge is 2.34. The van der Waals surface area contributed by atoms with Gasteiger partial charge in [0.15, 0.2) is 0 Å². The minimum Gasteiger partial charge on any atom is -0.255 e. The van der Waals surface area contributed by atoms with E-state index in [1.165, 1.54) is 31.4 Å². The van der Waals surface area contributed by atoms with Crippen LogP contribution in [0.5, 0.6) is 0 Å². The summed E-state index contributed by atoms with van der Waals surface area (Å²) in [7, 11) is 0. The topological polar surface area (TPSA) is 15.3 Å². The quantitative estimate of drug-likeness (QED) is 0.710. The summed E-state index contributed by atoms with van der Waals surface area (Å²) in [5.74, 6) is 0.793. The van der Waals surface area contributed by atoms with Crippen LogP contribution >= 0.6 is 0 Å². The molecule has 1 heterocycles. The lowest BCUT2D eigenvalue weighted by Gasteiger charge is -2.29. The van der Waals surface area contributed by atoms with Crippen LogP contribution in [0.1, 0.15) is 47.0 Å². The molecule has 1 aliphatic rings. The van der Waals surface area contributed by atoms with Gasteiger partial charge in [0.25, 0.3) is 0 Å². The summed E-state index contributed by atoms with van der Waals surface area (Å²) in [5, 5.41) is 2.45. The third kappa shape index (κ3) is 3.68. The molecule has 0 aromatic heterocycles. The number of hydrogen-bond donors (Lipinski definition) is 1. The number of nitrogens with zero attached hydrogens (tertiary/aromatic N) is 1. The Hall–Kier alpha value is -0.600. The Balaban J connectivity index is 2.78. The highest BCUT2D eigenvalue weighted by Crippen LogP contribution is 2.31. The predicted molar refractivity (Wildman–Crippen MR) is 75.8 cm³/mol. The maximum atomic E-state index is 3.58. The highest BCUT2D eigenvalue weighted by atomic mass is 15.5. The Kier molecular flexibility index (Phi) is 6.53. The zero-order valence-electron chi connectivity index (χ0n) is 11.9. The van der Waals surface area contributed by atoms with Crippen molar-refractivity contribution in [2.24, 2.45) is 5.92 Å². The van der Waals surface area contributed by atoms with Gasteiger partial charge in [0.2, 0.25) is 0 Å². The molecule has 98 valence electrons. The Morgan fingerprint density at radius 1 is 1.35 bits per heavy atom. The van der Waals surface area contributed by atoms with Crippen molar-refractivity contribution in [1.82, 2.24) is 10.4 Å². The molecular weight excluding hydrogens is 208 g/mol. The smallest absolute Gasteiger partial charge is 0.0518 e.